The molecule has 0 saturated heterocycles. The quantitative estimate of drug-likeness (QED) is 0.684. The lowest BCUT2D eigenvalue weighted by Crippen LogP contribution is -2.03. The van der Waals surface area contributed by atoms with Gasteiger partial charge < -0.3 is 13.9 Å². The van der Waals surface area contributed by atoms with Crippen LogP contribution in [0, 0.1) is 18.3 Å². The maximum Gasteiger partial charge on any atom is 0.231 e. The number of ketones is 1. The molecular formula is C20H16N2O3. The number of rotatable bonds is 4. The standard InChI is InChI=1S/C20H16N2O3/c1-13-15(6-4-9-21)22-10-3-2-5-16(22)19(13)20(23)14-7-8-17-18(11-14)25-12-24-17/h2-3,5,7-8,10-11H,4,6,12H2,1H3. The van der Waals surface area contributed by atoms with Crippen molar-refractivity contribution < 1.29 is 14.3 Å². The summed E-state index contributed by atoms with van der Waals surface area (Å²) in [7, 11) is 0. The summed E-state index contributed by atoms with van der Waals surface area (Å²) in [4.78, 5) is 13.2. The van der Waals surface area contributed by atoms with Crippen molar-refractivity contribution in [2.75, 3.05) is 6.79 Å². The Morgan fingerprint density at radius 3 is 2.92 bits per heavy atom. The number of carbonyl (C=O) groups excluding carboxylic acids is 1. The molecule has 3 heterocycles. The van der Waals surface area contributed by atoms with Gasteiger partial charge in [-0.2, -0.15) is 5.26 Å². The van der Waals surface area contributed by atoms with Crippen LogP contribution in [0.25, 0.3) is 5.52 Å². The zero-order chi connectivity index (χ0) is 17.4. The third-order valence-electron chi connectivity index (χ3n) is 4.55. The van der Waals surface area contributed by atoms with Gasteiger partial charge in [-0.25, -0.2) is 0 Å². The number of aryl methyl sites for hydroxylation is 1. The van der Waals surface area contributed by atoms with Crippen LogP contribution in [0.4, 0.5) is 0 Å². The minimum Gasteiger partial charge on any atom is -0.454 e. The van der Waals surface area contributed by atoms with Crippen molar-refractivity contribution in [3.8, 4) is 17.6 Å². The zero-order valence-electron chi connectivity index (χ0n) is 13.8. The fourth-order valence-electron chi connectivity index (χ4n) is 3.35. The van der Waals surface area contributed by atoms with Crippen molar-refractivity contribution >= 4 is 11.3 Å². The van der Waals surface area contributed by atoms with Gasteiger partial charge in [-0.3, -0.25) is 4.79 Å². The van der Waals surface area contributed by atoms with E-state index >= 15 is 0 Å². The van der Waals surface area contributed by atoms with Crippen LogP contribution in [0.15, 0.2) is 42.6 Å². The maximum absolute atomic E-state index is 13.2. The number of pyridine rings is 1. The predicted octanol–water partition coefficient (Wildman–Crippen LogP) is 3.66. The molecule has 124 valence electrons. The van der Waals surface area contributed by atoms with Gasteiger partial charge in [-0.1, -0.05) is 6.07 Å². The number of aromatic nitrogens is 1. The van der Waals surface area contributed by atoms with E-state index in [-0.39, 0.29) is 12.6 Å². The lowest BCUT2D eigenvalue weighted by molar-refractivity contribution is 0.103. The van der Waals surface area contributed by atoms with Crippen LogP contribution in [0.2, 0.25) is 0 Å². The van der Waals surface area contributed by atoms with Gasteiger partial charge in [0.2, 0.25) is 6.79 Å². The Morgan fingerprint density at radius 1 is 1.24 bits per heavy atom. The van der Waals surface area contributed by atoms with Crippen molar-refractivity contribution in [3.63, 3.8) is 0 Å². The van der Waals surface area contributed by atoms with Gasteiger partial charge in [0.05, 0.1) is 17.1 Å². The van der Waals surface area contributed by atoms with Gasteiger partial charge in [0.15, 0.2) is 17.3 Å². The van der Waals surface area contributed by atoms with Crippen LogP contribution in [-0.4, -0.2) is 17.0 Å². The molecule has 5 nitrogen and oxygen atoms in total. The fourth-order valence-corrected chi connectivity index (χ4v) is 3.35. The number of ether oxygens (including phenoxy) is 2. The average Bonchev–Trinajstić information content (AvgIpc) is 3.21. The molecule has 1 aromatic carbocycles. The largest absolute Gasteiger partial charge is 0.454 e. The minimum absolute atomic E-state index is 0.0530. The van der Waals surface area contributed by atoms with Crippen molar-refractivity contribution in [2.45, 2.75) is 19.8 Å². The van der Waals surface area contributed by atoms with Crippen LogP contribution in [0.3, 0.4) is 0 Å². The number of hydrogen-bond acceptors (Lipinski definition) is 4. The number of nitriles is 1. The second-order valence-electron chi connectivity index (χ2n) is 5.96. The number of benzene rings is 1. The van der Waals surface area contributed by atoms with E-state index < -0.39 is 0 Å². The summed E-state index contributed by atoms with van der Waals surface area (Å²) in [5.41, 5.74) is 4.02. The van der Waals surface area contributed by atoms with Gasteiger partial charge in [0.25, 0.3) is 0 Å². The second-order valence-corrected chi connectivity index (χ2v) is 5.96. The molecule has 0 amide bonds. The highest BCUT2D eigenvalue weighted by Crippen LogP contribution is 2.34. The highest BCUT2D eigenvalue weighted by Gasteiger charge is 2.23. The van der Waals surface area contributed by atoms with Crippen molar-refractivity contribution in [3.05, 3.63) is 65.0 Å². The summed E-state index contributed by atoms with van der Waals surface area (Å²) in [6.45, 7) is 2.12. The summed E-state index contributed by atoms with van der Waals surface area (Å²) in [6.07, 6.45) is 2.97. The molecular weight excluding hydrogens is 316 g/mol. The van der Waals surface area contributed by atoms with Crippen molar-refractivity contribution in [1.82, 2.24) is 4.40 Å². The Morgan fingerprint density at radius 2 is 2.08 bits per heavy atom. The van der Waals surface area contributed by atoms with E-state index in [4.69, 9.17) is 14.7 Å². The first kappa shape index (κ1) is 15.3. The molecule has 0 radical (unpaired) electrons. The molecule has 0 N–H and O–H groups in total. The van der Waals surface area contributed by atoms with Crippen LogP contribution < -0.4 is 9.47 Å². The normalized spacial score (nSPS) is 12.3. The zero-order valence-corrected chi connectivity index (χ0v) is 13.8. The topological polar surface area (TPSA) is 63.7 Å². The van der Waals surface area contributed by atoms with Gasteiger partial charge >= 0.3 is 0 Å². The molecule has 0 spiro atoms. The summed E-state index contributed by atoms with van der Waals surface area (Å²) >= 11 is 0. The van der Waals surface area contributed by atoms with Crippen LogP contribution >= 0.6 is 0 Å². The smallest absolute Gasteiger partial charge is 0.231 e. The van der Waals surface area contributed by atoms with E-state index in [0.29, 0.717) is 35.5 Å². The lowest BCUT2D eigenvalue weighted by atomic mass is 9.99. The number of hydrogen-bond donors (Lipinski definition) is 0. The number of nitrogens with zero attached hydrogens (tertiary/aromatic N) is 2. The molecule has 1 aliphatic heterocycles. The number of fused-ring (bicyclic) bond motifs is 2. The van der Waals surface area contributed by atoms with Gasteiger partial charge in [-0.15, -0.1) is 0 Å². The summed E-state index contributed by atoms with van der Waals surface area (Å²) in [5, 5.41) is 8.92. The molecule has 0 aliphatic carbocycles. The second kappa shape index (κ2) is 5.99. The summed E-state index contributed by atoms with van der Waals surface area (Å²) in [6, 6.07) is 13.2. The molecule has 2 aromatic heterocycles. The van der Waals surface area contributed by atoms with Crippen molar-refractivity contribution in [1.29, 1.82) is 5.26 Å². The first-order valence-corrected chi connectivity index (χ1v) is 8.10. The Labute approximate surface area is 145 Å². The molecule has 1 aliphatic rings. The Balaban J connectivity index is 1.85. The molecule has 0 atom stereocenters. The lowest BCUT2D eigenvalue weighted by Gasteiger charge is -2.04. The third kappa shape index (κ3) is 2.43. The van der Waals surface area contributed by atoms with Gasteiger partial charge in [0, 0.05) is 30.3 Å². The number of carbonyl (C=O) groups is 1. The first-order chi connectivity index (χ1) is 12.2. The average molecular weight is 332 g/mol. The van der Waals surface area contributed by atoms with E-state index in [0.717, 1.165) is 16.8 Å². The summed E-state index contributed by atoms with van der Waals surface area (Å²) < 4.78 is 12.7. The monoisotopic (exact) mass is 332 g/mol. The molecule has 0 bridgehead atoms. The van der Waals surface area contributed by atoms with E-state index in [9.17, 15) is 4.79 Å². The molecule has 4 rings (SSSR count). The molecule has 0 saturated carbocycles. The Hall–Kier alpha value is -3.26. The molecule has 0 fully saturated rings. The SMILES string of the molecule is Cc1c(C(=O)c2ccc3c(c2)OCO3)c2ccccn2c1CCC#N. The molecule has 25 heavy (non-hydrogen) atoms. The molecule has 5 heteroatoms. The van der Waals surface area contributed by atoms with Crippen LogP contribution in [0.5, 0.6) is 11.5 Å². The van der Waals surface area contributed by atoms with Crippen LogP contribution in [0.1, 0.15) is 33.6 Å². The van der Waals surface area contributed by atoms with Gasteiger partial charge in [-0.05, 0) is 42.8 Å². The first-order valence-electron chi connectivity index (χ1n) is 8.10. The highest BCUT2D eigenvalue weighted by molar-refractivity contribution is 6.14. The molecule has 0 unspecified atom stereocenters. The minimum atomic E-state index is -0.0530. The summed E-state index contributed by atoms with van der Waals surface area (Å²) in [5.74, 6) is 1.20. The highest BCUT2D eigenvalue weighted by atomic mass is 16.7. The van der Waals surface area contributed by atoms with Gasteiger partial charge in [0.1, 0.15) is 0 Å². The maximum atomic E-state index is 13.2. The predicted molar refractivity (Wildman–Crippen MR) is 92.1 cm³/mol. The van der Waals surface area contributed by atoms with E-state index in [1.165, 1.54) is 0 Å². The van der Waals surface area contributed by atoms with Crippen molar-refractivity contribution in [2.24, 2.45) is 0 Å². The van der Waals surface area contributed by atoms with E-state index in [2.05, 4.69) is 6.07 Å². The Bertz CT molecular complexity index is 1030. The molecule has 3 aromatic rings. The third-order valence-corrected chi connectivity index (χ3v) is 4.55. The van der Waals surface area contributed by atoms with Crippen LogP contribution in [-0.2, 0) is 6.42 Å². The fraction of sp³-hybridized carbons (Fsp3) is 0.200. The Kier molecular flexibility index (Phi) is 3.66. The van der Waals surface area contributed by atoms with E-state index in [1.54, 1.807) is 18.2 Å². The van der Waals surface area contributed by atoms with E-state index in [1.807, 2.05) is 35.7 Å².